The predicted molar refractivity (Wildman–Crippen MR) is 91.5 cm³/mol. The lowest BCUT2D eigenvalue weighted by Gasteiger charge is -2.22. The molecule has 0 aliphatic rings. The number of hydrogen-bond donors (Lipinski definition) is 1. The minimum atomic E-state index is -1.06. The third-order valence-electron chi connectivity index (χ3n) is 2.96. The molecule has 0 radical (unpaired) electrons. The van der Waals surface area contributed by atoms with Crippen molar-refractivity contribution in [3.05, 3.63) is 26.6 Å². The summed E-state index contributed by atoms with van der Waals surface area (Å²) in [6.07, 6.45) is 1.77. The second kappa shape index (κ2) is 9.15. The first-order valence-corrected chi connectivity index (χ1v) is 8.62. The Hall–Kier alpha value is -1.08. The van der Waals surface area contributed by atoms with Gasteiger partial charge in [0, 0.05) is 13.1 Å². The summed E-state index contributed by atoms with van der Waals surface area (Å²) >= 11 is 6.53. The Kier molecular flexibility index (Phi) is 7.89. The van der Waals surface area contributed by atoms with Gasteiger partial charge in [-0.25, -0.2) is 4.79 Å². The summed E-state index contributed by atoms with van der Waals surface area (Å²) in [5.74, 6) is -0.849. The molecule has 0 aliphatic carbocycles. The van der Waals surface area contributed by atoms with Crippen LogP contribution in [0, 0.1) is 0 Å². The molecule has 0 spiro atoms. The number of rotatable bonds is 8. The fourth-order valence-electron chi connectivity index (χ4n) is 1.96. The van der Waals surface area contributed by atoms with Crippen molar-refractivity contribution in [2.24, 2.45) is 0 Å². The molecule has 1 amide bonds. The molecule has 22 heavy (non-hydrogen) atoms. The number of carboxylic acids is 1. The molecule has 0 bridgehead atoms. The summed E-state index contributed by atoms with van der Waals surface area (Å²) in [4.78, 5) is 25.1. The van der Waals surface area contributed by atoms with Gasteiger partial charge in [-0.2, -0.15) is 0 Å². The highest BCUT2D eigenvalue weighted by Crippen LogP contribution is 2.36. The Balaban J connectivity index is 2.85. The maximum Gasteiger partial charge on any atom is 0.336 e. The average Bonchev–Trinajstić information content (AvgIpc) is 2.46. The summed E-state index contributed by atoms with van der Waals surface area (Å²) in [7, 11) is 0. The lowest BCUT2D eigenvalue weighted by atomic mass is 10.2. The molecule has 1 aromatic carbocycles. The van der Waals surface area contributed by atoms with Crippen LogP contribution < -0.4 is 4.74 Å². The molecule has 0 fully saturated rings. The van der Waals surface area contributed by atoms with Crippen LogP contribution in [0.5, 0.6) is 5.75 Å². The fourth-order valence-corrected chi connectivity index (χ4v) is 3.30. The van der Waals surface area contributed by atoms with Crippen molar-refractivity contribution in [2.75, 3.05) is 19.7 Å². The summed E-state index contributed by atoms with van der Waals surface area (Å²) in [5.41, 5.74) is 0.0876. The van der Waals surface area contributed by atoms with Gasteiger partial charge in [-0.15, -0.1) is 0 Å². The minimum Gasteiger partial charge on any atom is -0.481 e. The van der Waals surface area contributed by atoms with E-state index in [1.54, 1.807) is 11.0 Å². The van der Waals surface area contributed by atoms with Crippen LogP contribution in [0.1, 0.15) is 37.0 Å². The van der Waals surface area contributed by atoms with Gasteiger partial charge in [-0.05, 0) is 56.8 Å². The van der Waals surface area contributed by atoms with Gasteiger partial charge in [0.1, 0.15) is 5.75 Å². The molecule has 0 aliphatic heterocycles. The highest BCUT2D eigenvalue weighted by atomic mass is 79.9. The van der Waals surface area contributed by atoms with Crippen molar-refractivity contribution in [2.45, 2.75) is 26.7 Å². The summed E-state index contributed by atoms with van der Waals surface area (Å²) in [6, 6.07) is 3.05. The number of aromatic carboxylic acids is 1. The number of amides is 1. The van der Waals surface area contributed by atoms with E-state index in [1.165, 1.54) is 6.07 Å². The van der Waals surface area contributed by atoms with Crippen molar-refractivity contribution in [1.29, 1.82) is 0 Å². The summed E-state index contributed by atoms with van der Waals surface area (Å²) in [5, 5.41) is 9.11. The third kappa shape index (κ3) is 4.98. The first-order chi connectivity index (χ1) is 10.4. The van der Waals surface area contributed by atoms with Gasteiger partial charge in [0.05, 0.1) is 14.5 Å². The molecule has 0 saturated heterocycles. The SMILES string of the molecule is CCCN(CCC)C(=O)COc1c(Br)ccc(C(=O)O)c1Br. The largest absolute Gasteiger partial charge is 0.481 e. The van der Waals surface area contributed by atoms with E-state index in [2.05, 4.69) is 31.9 Å². The smallest absolute Gasteiger partial charge is 0.336 e. The Bertz CT molecular complexity index is 543. The van der Waals surface area contributed by atoms with Crippen molar-refractivity contribution < 1.29 is 19.4 Å². The summed E-state index contributed by atoms with van der Waals surface area (Å²) < 4.78 is 6.46. The highest BCUT2D eigenvalue weighted by Gasteiger charge is 2.18. The first kappa shape index (κ1) is 19.0. The second-order valence-electron chi connectivity index (χ2n) is 4.71. The minimum absolute atomic E-state index is 0.0876. The van der Waals surface area contributed by atoms with E-state index in [0.29, 0.717) is 27.8 Å². The number of carboxylic acid groups (broad SMARTS) is 1. The highest BCUT2D eigenvalue weighted by molar-refractivity contribution is 9.11. The van der Waals surface area contributed by atoms with E-state index in [9.17, 15) is 9.59 Å². The van der Waals surface area contributed by atoms with E-state index >= 15 is 0 Å². The normalized spacial score (nSPS) is 10.4. The Labute approximate surface area is 146 Å². The zero-order chi connectivity index (χ0) is 16.7. The van der Waals surface area contributed by atoms with Crippen LogP contribution in [-0.2, 0) is 4.79 Å². The number of carbonyl (C=O) groups excluding carboxylic acids is 1. The van der Waals surface area contributed by atoms with E-state index in [0.717, 1.165) is 12.8 Å². The number of halogens is 2. The summed E-state index contributed by atoms with van der Waals surface area (Å²) in [6.45, 7) is 5.28. The maximum atomic E-state index is 12.2. The number of benzene rings is 1. The Morgan fingerprint density at radius 2 is 1.77 bits per heavy atom. The molecule has 0 saturated carbocycles. The molecule has 1 aromatic rings. The van der Waals surface area contributed by atoms with Crippen molar-refractivity contribution in [3.8, 4) is 5.75 Å². The van der Waals surface area contributed by atoms with Crippen LogP contribution in [0.25, 0.3) is 0 Å². The van der Waals surface area contributed by atoms with Gasteiger partial charge in [0.2, 0.25) is 0 Å². The van der Waals surface area contributed by atoms with Crippen molar-refractivity contribution >= 4 is 43.7 Å². The van der Waals surface area contributed by atoms with Crippen LogP contribution in [0.2, 0.25) is 0 Å². The Morgan fingerprint density at radius 1 is 1.18 bits per heavy atom. The molecule has 7 heteroatoms. The lowest BCUT2D eigenvalue weighted by molar-refractivity contribution is -0.133. The van der Waals surface area contributed by atoms with Gasteiger partial charge in [-0.1, -0.05) is 13.8 Å². The van der Waals surface area contributed by atoms with Gasteiger partial charge < -0.3 is 14.7 Å². The lowest BCUT2D eigenvalue weighted by Crippen LogP contribution is -2.36. The zero-order valence-electron chi connectivity index (χ0n) is 12.6. The quantitative estimate of drug-likeness (QED) is 0.670. The van der Waals surface area contributed by atoms with Gasteiger partial charge in [0.25, 0.3) is 5.91 Å². The van der Waals surface area contributed by atoms with E-state index in [1.807, 2.05) is 13.8 Å². The fraction of sp³-hybridized carbons (Fsp3) is 0.467. The monoisotopic (exact) mass is 435 g/mol. The van der Waals surface area contributed by atoms with Crippen LogP contribution >= 0.6 is 31.9 Å². The Morgan fingerprint density at radius 3 is 2.27 bits per heavy atom. The van der Waals surface area contributed by atoms with E-state index in [4.69, 9.17) is 9.84 Å². The van der Waals surface area contributed by atoms with E-state index < -0.39 is 5.97 Å². The van der Waals surface area contributed by atoms with Crippen LogP contribution in [0.4, 0.5) is 0 Å². The van der Waals surface area contributed by atoms with Gasteiger partial charge >= 0.3 is 5.97 Å². The first-order valence-electron chi connectivity index (χ1n) is 7.04. The maximum absolute atomic E-state index is 12.2. The molecule has 0 aromatic heterocycles. The standard InChI is InChI=1S/C15H19Br2NO4/c1-3-7-18(8-4-2)12(19)9-22-14-11(16)6-5-10(13(14)17)15(20)21/h5-6H,3-4,7-9H2,1-2H3,(H,20,21). The number of carbonyl (C=O) groups is 2. The predicted octanol–water partition coefficient (Wildman–Crippen LogP) is 3.94. The van der Waals surface area contributed by atoms with Crippen LogP contribution in [0.15, 0.2) is 21.1 Å². The molecule has 1 N–H and O–H groups in total. The third-order valence-corrected chi connectivity index (χ3v) is 4.37. The van der Waals surface area contributed by atoms with E-state index in [-0.39, 0.29) is 18.1 Å². The molecule has 0 atom stereocenters. The van der Waals surface area contributed by atoms with Gasteiger partial charge in [-0.3, -0.25) is 4.79 Å². The molecule has 5 nitrogen and oxygen atoms in total. The number of ether oxygens (including phenoxy) is 1. The van der Waals surface area contributed by atoms with Crippen molar-refractivity contribution in [1.82, 2.24) is 4.90 Å². The molecule has 0 unspecified atom stereocenters. The molecule has 1 rings (SSSR count). The molecule has 122 valence electrons. The molecular weight excluding hydrogens is 418 g/mol. The van der Waals surface area contributed by atoms with Crippen molar-refractivity contribution in [3.63, 3.8) is 0 Å². The van der Waals surface area contributed by atoms with Crippen LogP contribution in [0.3, 0.4) is 0 Å². The average molecular weight is 437 g/mol. The second-order valence-corrected chi connectivity index (χ2v) is 6.36. The van der Waals surface area contributed by atoms with Crippen LogP contribution in [-0.4, -0.2) is 41.6 Å². The molecule has 0 heterocycles. The number of nitrogens with zero attached hydrogens (tertiary/aromatic N) is 1. The molecular formula is C15H19Br2NO4. The zero-order valence-corrected chi connectivity index (χ0v) is 15.7. The number of hydrogen-bond acceptors (Lipinski definition) is 3. The van der Waals surface area contributed by atoms with Gasteiger partial charge in [0.15, 0.2) is 6.61 Å². The topological polar surface area (TPSA) is 66.8 Å².